The standard InChI is InChI=1S/C19H22N2OS/c1-3-13(2)19(22)21-12-16(18-9-6-10-23-18)15-11-20-17-8-5-4-7-14(15)17/h4-11,13,16,20H,3,12H2,1-2H3,(H,21,22)/t13-,16+/m1/s1. The molecular weight excluding hydrogens is 304 g/mol. The minimum Gasteiger partial charge on any atom is -0.361 e. The van der Waals surface area contributed by atoms with Gasteiger partial charge in [-0.2, -0.15) is 0 Å². The molecular formula is C19H22N2OS. The predicted octanol–water partition coefficient (Wildman–Crippen LogP) is 4.52. The minimum absolute atomic E-state index is 0.0574. The van der Waals surface area contributed by atoms with Gasteiger partial charge in [0.05, 0.1) is 0 Å². The Bertz CT molecular complexity index is 776. The van der Waals surface area contributed by atoms with Crippen LogP contribution in [0.15, 0.2) is 48.0 Å². The zero-order valence-electron chi connectivity index (χ0n) is 13.5. The maximum Gasteiger partial charge on any atom is 0.222 e. The highest BCUT2D eigenvalue weighted by molar-refractivity contribution is 7.10. The number of H-pyrrole nitrogens is 1. The highest BCUT2D eigenvalue weighted by Crippen LogP contribution is 2.32. The fourth-order valence-corrected chi connectivity index (χ4v) is 3.64. The number of hydrogen-bond donors (Lipinski definition) is 2. The summed E-state index contributed by atoms with van der Waals surface area (Å²) in [5.41, 5.74) is 2.38. The molecule has 120 valence electrons. The van der Waals surface area contributed by atoms with Crippen LogP contribution in [0.3, 0.4) is 0 Å². The maximum atomic E-state index is 12.2. The van der Waals surface area contributed by atoms with Gasteiger partial charge in [-0.15, -0.1) is 11.3 Å². The van der Waals surface area contributed by atoms with Crippen LogP contribution < -0.4 is 5.32 Å². The Labute approximate surface area is 140 Å². The molecule has 0 aliphatic heterocycles. The summed E-state index contributed by atoms with van der Waals surface area (Å²) in [6, 6.07) is 12.5. The van der Waals surface area contributed by atoms with Crippen molar-refractivity contribution in [3.63, 3.8) is 0 Å². The largest absolute Gasteiger partial charge is 0.361 e. The van der Waals surface area contributed by atoms with E-state index >= 15 is 0 Å². The normalized spacial score (nSPS) is 13.8. The SMILES string of the molecule is CC[C@@H](C)C(=O)NC[C@H](c1cccs1)c1c[nH]c2ccccc12. The highest BCUT2D eigenvalue weighted by Gasteiger charge is 2.20. The van der Waals surface area contributed by atoms with Crippen molar-refractivity contribution >= 4 is 28.1 Å². The van der Waals surface area contributed by atoms with Crippen molar-refractivity contribution in [2.45, 2.75) is 26.2 Å². The summed E-state index contributed by atoms with van der Waals surface area (Å²) in [6.45, 7) is 4.65. The second-order valence-corrected chi connectivity index (χ2v) is 6.89. The summed E-state index contributed by atoms with van der Waals surface area (Å²) < 4.78 is 0. The zero-order chi connectivity index (χ0) is 16.2. The third kappa shape index (κ3) is 3.32. The summed E-state index contributed by atoms with van der Waals surface area (Å²) in [5, 5.41) is 6.45. The first kappa shape index (κ1) is 15.8. The summed E-state index contributed by atoms with van der Waals surface area (Å²) in [7, 11) is 0. The first-order valence-electron chi connectivity index (χ1n) is 8.07. The van der Waals surface area contributed by atoms with Gasteiger partial charge in [0, 0.05) is 40.4 Å². The lowest BCUT2D eigenvalue weighted by Crippen LogP contribution is -2.32. The van der Waals surface area contributed by atoms with Crippen LogP contribution >= 0.6 is 11.3 Å². The Morgan fingerprint density at radius 3 is 2.83 bits per heavy atom. The lowest BCUT2D eigenvalue weighted by molar-refractivity contribution is -0.124. The Morgan fingerprint density at radius 2 is 2.09 bits per heavy atom. The molecule has 2 aromatic heterocycles. The molecule has 0 aliphatic carbocycles. The maximum absolute atomic E-state index is 12.2. The smallest absolute Gasteiger partial charge is 0.222 e. The van der Waals surface area contributed by atoms with Crippen LogP contribution in [0.25, 0.3) is 10.9 Å². The van der Waals surface area contributed by atoms with Crippen LogP contribution in [0.4, 0.5) is 0 Å². The van der Waals surface area contributed by atoms with Gasteiger partial charge in [0.1, 0.15) is 0 Å². The Kier molecular flexibility index (Phi) is 4.82. The van der Waals surface area contributed by atoms with Crippen LogP contribution in [-0.2, 0) is 4.79 Å². The summed E-state index contributed by atoms with van der Waals surface area (Å²) in [6.07, 6.45) is 2.94. The van der Waals surface area contributed by atoms with Crippen LogP contribution in [0, 0.1) is 5.92 Å². The van der Waals surface area contributed by atoms with E-state index in [1.165, 1.54) is 15.8 Å². The number of amides is 1. The monoisotopic (exact) mass is 326 g/mol. The first-order valence-corrected chi connectivity index (χ1v) is 8.95. The summed E-state index contributed by atoms with van der Waals surface area (Å²) >= 11 is 1.74. The number of para-hydroxylation sites is 1. The van der Waals surface area contributed by atoms with Crippen molar-refractivity contribution < 1.29 is 4.79 Å². The van der Waals surface area contributed by atoms with Gasteiger partial charge >= 0.3 is 0 Å². The van der Waals surface area contributed by atoms with Crippen molar-refractivity contribution in [3.8, 4) is 0 Å². The third-order valence-electron chi connectivity index (χ3n) is 4.42. The first-order chi connectivity index (χ1) is 11.2. The van der Waals surface area contributed by atoms with Crippen LogP contribution in [0.1, 0.15) is 36.6 Å². The second-order valence-electron chi connectivity index (χ2n) is 5.91. The number of nitrogens with one attached hydrogen (secondary N) is 2. The lowest BCUT2D eigenvalue weighted by Gasteiger charge is -2.18. The number of carbonyl (C=O) groups is 1. The second kappa shape index (κ2) is 7.01. The van der Waals surface area contributed by atoms with Gasteiger partial charge in [-0.1, -0.05) is 38.1 Å². The molecule has 1 amide bonds. The molecule has 23 heavy (non-hydrogen) atoms. The van der Waals surface area contributed by atoms with E-state index in [1.807, 2.05) is 19.9 Å². The van der Waals surface area contributed by atoms with E-state index in [9.17, 15) is 4.79 Å². The fourth-order valence-electron chi connectivity index (χ4n) is 2.80. The average molecular weight is 326 g/mol. The van der Waals surface area contributed by atoms with E-state index in [0.717, 1.165) is 11.9 Å². The van der Waals surface area contributed by atoms with Gasteiger partial charge < -0.3 is 10.3 Å². The van der Waals surface area contributed by atoms with Crippen LogP contribution in [-0.4, -0.2) is 17.4 Å². The van der Waals surface area contributed by atoms with E-state index in [1.54, 1.807) is 11.3 Å². The molecule has 0 radical (unpaired) electrons. The van der Waals surface area contributed by atoms with Crippen molar-refractivity contribution in [2.75, 3.05) is 6.54 Å². The number of fused-ring (bicyclic) bond motifs is 1. The molecule has 3 aromatic rings. The van der Waals surface area contributed by atoms with E-state index in [4.69, 9.17) is 0 Å². The van der Waals surface area contributed by atoms with Gasteiger partial charge in [-0.05, 0) is 29.5 Å². The molecule has 0 aliphatic rings. The molecule has 0 bridgehead atoms. The molecule has 2 atom stereocenters. The number of thiophene rings is 1. The molecule has 1 aromatic carbocycles. The predicted molar refractivity (Wildman–Crippen MR) is 96.9 cm³/mol. The van der Waals surface area contributed by atoms with Gasteiger partial charge in [0.15, 0.2) is 0 Å². The Morgan fingerprint density at radius 1 is 1.26 bits per heavy atom. The summed E-state index contributed by atoms with van der Waals surface area (Å²) in [5.74, 6) is 0.370. The van der Waals surface area contributed by atoms with Crippen molar-refractivity contribution in [2.24, 2.45) is 5.92 Å². The zero-order valence-corrected chi connectivity index (χ0v) is 14.3. The van der Waals surface area contributed by atoms with E-state index in [0.29, 0.717) is 6.54 Å². The third-order valence-corrected chi connectivity index (χ3v) is 5.41. The molecule has 0 saturated carbocycles. The minimum atomic E-state index is 0.0574. The topological polar surface area (TPSA) is 44.9 Å². The van der Waals surface area contributed by atoms with E-state index in [2.05, 4.69) is 52.2 Å². The van der Waals surface area contributed by atoms with Crippen LogP contribution in [0.2, 0.25) is 0 Å². The molecule has 0 unspecified atom stereocenters. The quantitative estimate of drug-likeness (QED) is 0.687. The number of benzene rings is 1. The van der Waals surface area contributed by atoms with Gasteiger partial charge in [0.2, 0.25) is 5.91 Å². The molecule has 4 heteroatoms. The summed E-state index contributed by atoms with van der Waals surface area (Å²) in [4.78, 5) is 16.8. The number of aromatic amines is 1. The molecule has 3 nitrogen and oxygen atoms in total. The number of carbonyl (C=O) groups excluding carboxylic acids is 1. The molecule has 2 N–H and O–H groups in total. The number of rotatable bonds is 6. The van der Waals surface area contributed by atoms with Gasteiger partial charge in [-0.3, -0.25) is 4.79 Å². The fraction of sp³-hybridized carbons (Fsp3) is 0.316. The Hall–Kier alpha value is -2.07. The molecule has 0 saturated heterocycles. The van der Waals surface area contributed by atoms with Crippen molar-refractivity contribution in [1.29, 1.82) is 0 Å². The van der Waals surface area contributed by atoms with E-state index in [-0.39, 0.29) is 17.7 Å². The molecule has 2 heterocycles. The number of aromatic nitrogens is 1. The van der Waals surface area contributed by atoms with Crippen molar-refractivity contribution in [1.82, 2.24) is 10.3 Å². The average Bonchev–Trinajstić information content (AvgIpc) is 3.24. The van der Waals surface area contributed by atoms with Gasteiger partial charge in [0.25, 0.3) is 0 Å². The molecule has 0 fully saturated rings. The van der Waals surface area contributed by atoms with E-state index < -0.39 is 0 Å². The van der Waals surface area contributed by atoms with Crippen molar-refractivity contribution in [3.05, 3.63) is 58.4 Å². The Balaban J connectivity index is 1.89. The van der Waals surface area contributed by atoms with Gasteiger partial charge in [-0.25, -0.2) is 0 Å². The highest BCUT2D eigenvalue weighted by atomic mass is 32.1. The molecule has 3 rings (SSSR count). The number of hydrogen-bond acceptors (Lipinski definition) is 2. The van der Waals surface area contributed by atoms with Crippen LogP contribution in [0.5, 0.6) is 0 Å². The lowest BCUT2D eigenvalue weighted by atomic mass is 9.96. The molecule has 0 spiro atoms.